The molecule has 2 nitrogen and oxygen atoms in total. The zero-order valence-corrected chi connectivity index (χ0v) is 16.1. The summed E-state index contributed by atoms with van der Waals surface area (Å²) in [4.78, 5) is 0. The van der Waals surface area contributed by atoms with Gasteiger partial charge in [0.2, 0.25) is 0 Å². The van der Waals surface area contributed by atoms with Gasteiger partial charge in [-0.05, 0) is 54.3 Å². The van der Waals surface area contributed by atoms with Gasteiger partial charge in [-0.1, -0.05) is 69.2 Å². The number of rotatable bonds is 9. The van der Waals surface area contributed by atoms with E-state index in [9.17, 15) is 5.11 Å². The molecule has 0 fully saturated rings. The van der Waals surface area contributed by atoms with Gasteiger partial charge in [0, 0.05) is 18.3 Å². The fourth-order valence-corrected chi connectivity index (χ4v) is 4.04. The van der Waals surface area contributed by atoms with Gasteiger partial charge in [0.1, 0.15) is 0 Å². The molecule has 0 spiro atoms. The predicted molar refractivity (Wildman–Crippen MR) is 111 cm³/mol. The van der Waals surface area contributed by atoms with Crippen LogP contribution in [0.1, 0.15) is 57.1 Å². The second-order valence-corrected chi connectivity index (χ2v) is 7.55. The van der Waals surface area contributed by atoms with Crippen molar-refractivity contribution in [3.63, 3.8) is 0 Å². The van der Waals surface area contributed by atoms with Gasteiger partial charge in [0.05, 0.1) is 5.60 Å². The number of nitrogens with zero attached hydrogens (tertiary/aromatic N) is 1. The van der Waals surface area contributed by atoms with E-state index in [1.807, 2.05) is 0 Å². The summed E-state index contributed by atoms with van der Waals surface area (Å²) in [7, 11) is 0. The molecule has 0 amide bonds. The maximum absolute atomic E-state index is 10.9. The van der Waals surface area contributed by atoms with Crippen LogP contribution in [0.3, 0.4) is 0 Å². The van der Waals surface area contributed by atoms with Crippen LogP contribution in [0.15, 0.2) is 60.8 Å². The van der Waals surface area contributed by atoms with Crippen LogP contribution in [-0.2, 0) is 13.0 Å². The zero-order chi connectivity index (χ0) is 18.4. The Balaban J connectivity index is 1.70. The van der Waals surface area contributed by atoms with E-state index >= 15 is 0 Å². The second kappa shape index (κ2) is 8.55. The molecule has 3 aromatic rings. The summed E-state index contributed by atoms with van der Waals surface area (Å²) >= 11 is 0. The van der Waals surface area contributed by atoms with Crippen molar-refractivity contribution < 1.29 is 5.11 Å². The first-order valence-electron chi connectivity index (χ1n) is 9.97. The number of aromatic nitrogens is 1. The lowest BCUT2D eigenvalue weighted by molar-refractivity contribution is 0.0132. The Bertz CT molecular complexity index is 827. The molecule has 0 aliphatic heterocycles. The highest BCUT2D eigenvalue weighted by atomic mass is 16.3. The van der Waals surface area contributed by atoms with Crippen LogP contribution in [0.5, 0.6) is 0 Å². The van der Waals surface area contributed by atoms with Crippen molar-refractivity contribution in [3.8, 4) is 0 Å². The minimum atomic E-state index is -0.504. The topological polar surface area (TPSA) is 25.2 Å². The number of hydrogen-bond donors (Lipinski definition) is 1. The van der Waals surface area contributed by atoms with Crippen molar-refractivity contribution in [2.75, 3.05) is 0 Å². The molecule has 2 aromatic carbocycles. The molecular weight excluding hydrogens is 318 g/mol. The summed E-state index contributed by atoms with van der Waals surface area (Å²) in [6.07, 6.45) is 7.83. The summed E-state index contributed by atoms with van der Waals surface area (Å²) in [6, 6.07) is 19.5. The van der Waals surface area contributed by atoms with Crippen molar-refractivity contribution >= 4 is 10.9 Å². The van der Waals surface area contributed by atoms with Crippen molar-refractivity contribution in [2.24, 2.45) is 0 Å². The fourth-order valence-electron chi connectivity index (χ4n) is 4.04. The Morgan fingerprint density at radius 3 is 2.35 bits per heavy atom. The van der Waals surface area contributed by atoms with Crippen LogP contribution in [0.2, 0.25) is 0 Å². The highest BCUT2D eigenvalue weighted by Gasteiger charge is 2.24. The monoisotopic (exact) mass is 349 g/mol. The summed E-state index contributed by atoms with van der Waals surface area (Å²) in [5.41, 5.74) is 3.41. The maximum atomic E-state index is 10.9. The molecule has 0 saturated heterocycles. The molecular formula is C24H31NO. The van der Waals surface area contributed by atoms with Gasteiger partial charge in [0.25, 0.3) is 0 Å². The normalized spacial score (nSPS) is 12.0. The molecule has 26 heavy (non-hydrogen) atoms. The van der Waals surface area contributed by atoms with Gasteiger partial charge < -0.3 is 9.67 Å². The third-order valence-electron chi connectivity index (χ3n) is 5.33. The van der Waals surface area contributed by atoms with Crippen LogP contribution >= 0.6 is 0 Å². The average molecular weight is 350 g/mol. The summed E-state index contributed by atoms with van der Waals surface area (Å²) in [5, 5.41) is 12.1. The molecule has 0 aliphatic carbocycles. The molecule has 0 bridgehead atoms. The quantitative estimate of drug-likeness (QED) is 0.507. The maximum Gasteiger partial charge on any atom is 0.0650 e. The second-order valence-electron chi connectivity index (χ2n) is 7.55. The van der Waals surface area contributed by atoms with E-state index in [1.54, 1.807) is 0 Å². The van der Waals surface area contributed by atoms with Crippen LogP contribution in [-0.4, -0.2) is 15.3 Å². The minimum absolute atomic E-state index is 0.504. The molecule has 0 saturated carbocycles. The van der Waals surface area contributed by atoms with Crippen molar-refractivity contribution in [3.05, 3.63) is 71.9 Å². The van der Waals surface area contributed by atoms with Crippen LogP contribution < -0.4 is 0 Å². The highest BCUT2D eigenvalue weighted by Crippen LogP contribution is 2.26. The highest BCUT2D eigenvalue weighted by molar-refractivity contribution is 5.80. The van der Waals surface area contributed by atoms with Crippen molar-refractivity contribution in [1.82, 2.24) is 4.57 Å². The number of fused-ring (bicyclic) bond motifs is 1. The summed E-state index contributed by atoms with van der Waals surface area (Å²) < 4.78 is 2.30. The van der Waals surface area contributed by atoms with E-state index in [4.69, 9.17) is 0 Å². The van der Waals surface area contributed by atoms with Gasteiger partial charge in [0.15, 0.2) is 0 Å². The van der Waals surface area contributed by atoms with E-state index in [0.717, 1.165) is 45.1 Å². The number of aliphatic hydroxyl groups is 1. The fraction of sp³-hybridized carbons (Fsp3) is 0.417. The SMILES string of the molecule is CCCC(O)(CCC)CCc1cccc(Cn2ccc3ccccc32)c1. The molecule has 2 heteroatoms. The van der Waals surface area contributed by atoms with Crippen LogP contribution in [0, 0.1) is 0 Å². The first-order chi connectivity index (χ1) is 12.6. The smallest absolute Gasteiger partial charge is 0.0650 e. The lowest BCUT2D eigenvalue weighted by atomic mass is 9.86. The standard InChI is InChI=1S/C24H31NO/c1-3-14-24(26,15-4-2)16-12-20-8-7-9-21(18-20)19-25-17-13-22-10-5-6-11-23(22)25/h5-11,13,17-18,26H,3-4,12,14-16,19H2,1-2H3. The van der Waals surface area contributed by atoms with Crippen LogP contribution in [0.4, 0.5) is 0 Å². The minimum Gasteiger partial charge on any atom is -0.390 e. The molecule has 3 rings (SSSR count). The van der Waals surface area contributed by atoms with Gasteiger partial charge in [-0.2, -0.15) is 0 Å². The average Bonchev–Trinajstić information content (AvgIpc) is 3.04. The molecule has 0 unspecified atom stereocenters. The van der Waals surface area contributed by atoms with Gasteiger partial charge in [-0.15, -0.1) is 0 Å². The first-order valence-corrected chi connectivity index (χ1v) is 9.97. The number of hydrogen-bond acceptors (Lipinski definition) is 1. The Hall–Kier alpha value is -2.06. The zero-order valence-electron chi connectivity index (χ0n) is 16.1. The lowest BCUT2D eigenvalue weighted by Crippen LogP contribution is -2.28. The summed E-state index contributed by atoms with van der Waals surface area (Å²) in [5.74, 6) is 0. The first kappa shape index (κ1) is 18.7. The Morgan fingerprint density at radius 1 is 0.846 bits per heavy atom. The third-order valence-corrected chi connectivity index (χ3v) is 5.33. The number of benzene rings is 2. The Labute approximate surface area is 157 Å². The van der Waals surface area contributed by atoms with Crippen LogP contribution in [0.25, 0.3) is 10.9 Å². The molecule has 0 aliphatic rings. The predicted octanol–water partition coefficient (Wildman–Crippen LogP) is 5.95. The molecule has 1 heterocycles. The van der Waals surface area contributed by atoms with Gasteiger partial charge in [-0.25, -0.2) is 0 Å². The van der Waals surface area contributed by atoms with E-state index < -0.39 is 5.60 Å². The van der Waals surface area contributed by atoms with Crippen molar-refractivity contribution in [2.45, 2.75) is 64.5 Å². The third kappa shape index (κ3) is 4.56. The molecule has 0 radical (unpaired) electrons. The van der Waals surface area contributed by atoms with E-state index in [-0.39, 0.29) is 0 Å². The van der Waals surface area contributed by atoms with E-state index in [2.05, 4.69) is 79.2 Å². The number of aryl methyl sites for hydroxylation is 1. The number of para-hydroxylation sites is 1. The molecule has 138 valence electrons. The Morgan fingerprint density at radius 2 is 1.58 bits per heavy atom. The molecule has 1 N–H and O–H groups in total. The van der Waals surface area contributed by atoms with E-state index in [0.29, 0.717) is 0 Å². The lowest BCUT2D eigenvalue weighted by Gasteiger charge is -2.27. The van der Waals surface area contributed by atoms with Crippen molar-refractivity contribution in [1.29, 1.82) is 0 Å². The molecule has 0 atom stereocenters. The largest absolute Gasteiger partial charge is 0.390 e. The van der Waals surface area contributed by atoms with Gasteiger partial charge >= 0.3 is 0 Å². The summed E-state index contributed by atoms with van der Waals surface area (Å²) in [6.45, 7) is 5.20. The van der Waals surface area contributed by atoms with Gasteiger partial charge in [-0.3, -0.25) is 0 Å². The molecule has 1 aromatic heterocycles. The Kier molecular flexibility index (Phi) is 6.16. The van der Waals surface area contributed by atoms with E-state index in [1.165, 1.54) is 22.0 Å².